The molecule has 3 aromatic carbocycles. The number of fused-ring (bicyclic) bond motifs is 1. The predicted molar refractivity (Wildman–Crippen MR) is 204 cm³/mol. The summed E-state index contributed by atoms with van der Waals surface area (Å²) in [6.45, 7) is 9.91. The highest BCUT2D eigenvalue weighted by molar-refractivity contribution is 7.90. The Kier molecular flexibility index (Phi) is 10.8. The van der Waals surface area contributed by atoms with E-state index in [1.807, 2.05) is 24.0 Å². The number of hydrogen-bond acceptors (Lipinski definition) is 10. The summed E-state index contributed by atoms with van der Waals surface area (Å²) in [5.74, 6) is 1.27. The van der Waals surface area contributed by atoms with Gasteiger partial charge >= 0.3 is 0 Å². The fourth-order valence-electron chi connectivity index (χ4n) is 7.85. The minimum absolute atomic E-state index is 0.159. The number of likely N-dealkylation sites (tertiary alicyclic amines) is 1. The van der Waals surface area contributed by atoms with Crippen LogP contribution >= 0.6 is 0 Å². The van der Waals surface area contributed by atoms with E-state index in [2.05, 4.69) is 67.0 Å². The van der Waals surface area contributed by atoms with Crippen LogP contribution in [0.5, 0.6) is 5.75 Å². The molecule has 0 spiro atoms. The first-order valence-electron chi connectivity index (χ1n) is 18.3. The van der Waals surface area contributed by atoms with E-state index in [0.717, 1.165) is 81.8 Å². The van der Waals surface area contributed by atoms with Gasteiger partial charge in [-0.05, 0) is 75.2 Å². The van der Waals surface area contributed by atoms with Crippen molar-refractivity contribution in [1.82, 2.24) is 34.1 Å². The van der Waals surface area contributed by atoms with Crippen molar-refractivity contribution in [2.75, 3.05) is 77.3 Å². The van der Waals surface area contributed by atoms with Gasteiger partial charge in [0.25, 0.3) is 11.1 Å². The van der Waals surface area contributed by atoms with Gasteiger partial charge < -0.3 is 28.7 Å². The Labute approximate surface area is 311 Å². The highest BCUT2D eigenvalue weighted by Gasteiger charge is 2.42. The van der Waals surface area contributed by atoms with Crippen molar-refractivity contribution in [2.45, 2.75) is 43.3 Å². The molecule has 14 heteroatoms. The molecule has 0 aliphatic carbocycles. The number of methoxy groups -OCH3 is 1. The van der Waals surface area contributed by atoms with Gasteiger partial charge in [-0.15, -0.1) is 10.2 Å². The molecule has 2 aromatic heterocycles. The fraction of sp³-hybridized carbons (Fsp3) is 0.436. The van der Waals surface area contributed by atoms with Crippen LogP contribution in [-0.4, -0.2) is 121 Å². The monoisotopic (exact) mass is 740 g/mol. The van der Waals surface area contributed by atoms with Crippen molar-refractivity contribution >= 4 is 32.7 Å². The third-order valence-corrected chi connectivity index (χ3v) is 11.6. The Morgan fingerprint density at radius 1 is 0.943 bits per heavy atom. The summed E-state index contributed by atoms with van der Waals surface area (Å²) in [4.78, 5) is 26.3. The topological polar surface area (TPSA) is 128 Å². The van der Waals surface area contributed by atoms with Crippen LogP contribution in [0.15, 0.2) is 84.3 Å². The summed E-state index contributed by atoms with van der Waals surface area (Å²) >= 11 is 0. The van der Waals surface area contributed by atoms with Crippen LogP contribution in [0.3, 0.4) is 0 Å². The molecule has 13 nitrogen and oxygen atoms in total. The molecule has 2 fully saturated rings. The zero-order valence-corrected chi connectivity index (χ0v) is 31.5. The van der Waals surface area contributed by atoms with Gasteiger partial charge in [0.2, 0.25) is 15.8 Å². The molecule has 2 aliphatic heterocycles. The van der Waals surface area contributed by atoms with E-state index in [-0.39, 0.29) is 16.5 Å². The number of ether oxygens (including phenoxy) is 2. The summed E-state index contributed by atoms with van der Waals surface area (Å²) in [5, 5.41) is 7.43. The second-order valence-electron chi connectivity index (χ2n) is 13.9. The number of carbonyl (C=O) groups is 1. The molecule has 0 bridgehead atoms. The normalized spacial score (nSPS) is 18.5. The Balaban J connectivity index is 1.08. The zero-order valence-electron chi connectivity index (χ0n) is 30.7. The van der Waals surface area contributed by atoms with Gasteiger partial charge in [0.05, 0.1) is 36.0 Å². The second-order valence-corrected chi connectivity index (χ2v) is 15.9. The summed E-state index contributed by atoms with van der Waals surface area (Å²) in [6.07, 6.45) is 5.19. The van der Waals surface area contributed by atoms with Crippen LogP contribution in [0, 0.1) is 0 Å². The van der Waals surface area contributed by atoms with Crippen LogP contribution in [-0.2, 0) is 26.5 Å². The molecule has 280 valence electrons. The molecule has 2 aliphatic rings. The number of hydrogen-bond donors (Lipinski definition) is 0. The highest BCUT2D eigenvalue weighted by Crippen LogP contribution is 2.39. The number of aromatic nitrogens is 5. The number of carbonyl (C=O) groups excluding carboxylic acids is 1. The van der Waals surface area contributed by atoms with E-state index in [0.29, 0.717) is 43.3 Å². The van der Waals surface area contributed by atoms with Crippen molar-refractivity contribution in [2.24, 2.45) is 0 Å². The Morgan fingerprint density at radius 2 is 1.75 bits per heavy atom. The predicted octanol–water partition coefficient (Wildman–Crippen LogP) is 4.45. The molecule has 4 heterocycles. The maximum atomic E-state index is 14.3. The van der Waals surface area contributed by atoms with Gasteiger partial charge in [0, 0.05) is 57.5 Å². The Bertz CT molecular complexity index is 2150. The third-order valence-electron chi connectivity index (χ3n) is 10.6. The van der Waals surface area contributed by atoms with Gasteiger partial charge in [-0.1, -0.05) is 42.5 Å². The van der Waals surface area contributed by atoms with Crippen molar-refractivity contribution in [3.63, 3.8) is 0 Å². The van der Waals surface area contributed by atoms with Gasteiger partial charge in [0.1, 0.15) is 12.1 Å². The zero-order chi connectivity index (χ0) is 37.0. The number of benzene rings is 3. The number of para-hydroxylation sites is 2. The third kappa shape index (κ3) is 7.66. The van der Waals surface area contributed by atoms with Gasteiger partial charge in [0.15, 0.2) is 0 Å². The van der Waals surface area contributed by atoms with Crippen molar-refractivity contribution in [3.8, 4) is 11.4 Å². The van der Waals surface area contributed by atoms with Gasteiger partial charge in [-0.25, -0.2) is 13.4 Å². The lowest BCUT2D eigenvalue weighted by molar-refractivity contribution is 0.0777. The summed E-state index contributed by atoms with van der Waals surface area (Å²) < 4.78 is 39.8. The van der Waals surface area contributed by atoms with E-state index in [4.69, 9.17) is 14.5 Å². The molecule has 0 radical (unpaired) electrons. The molecule has 5 aromatic rings. The van der Waals surface area contributed by atoms with E-state index >= 15 is 0 Å². The van der Waals surface area contributed by atoms with E-state index in [1.165, 1.54) is 23.6 Å². The maximum Gasteiger partial charge on any atom is 0.257 e. The molecule has 0 saturated carbocycles. The molecular formula is C39H48N8O5S. The molecular weight excluding hydrogens is 693 g/mol. The molecule has 0 unspecified atom stereocenters. The quantitative estimate of drug-likeness (QED) is 0.160. The average molecular weight is 741 g/mol. The first-order valence-corrected chi connectivity index (χ1v) is 20.2. The van der Waals surface area contributed by atoms with Crippen LogP contribution < -0.4 is 9.64 Å². The lowest BCUT2D eigenvalue weighted by atomic mass is 9.76. The molecule has 2 saturated heterocycles. The molecule has 0 N–H and O–H groups in total. The van der Waals surface area contributed by atoms with Crippen LogP contribution in [0.1, 0.15) is 42.1 Å². The number of anilines is 1. The number of imidazole rings is 1. The highest BCUT2D eigenvalue weighted by atomic mass is 32.2. The first kappa shape index (κ1) is 36.6. The van der Waals surface area contributed by atoms with Gasteiger partial charge in [-0.3, -0.25) is 9.36 Å². The van der Waals surface area contributed by atoms with Crippen molar-refractivity contribution < 1.29 is 22.7 Å². The van der Waals surface area contributed by atoms with Crippen LogP contribution in [0.2, 0.25) is 0 Å². The standard InChI is InChI=1S/C39H48N8O5S/c1-4-52-26-25-46-34-14-9-8-13-33(34)41-37(46)44-20-10-19-43(23-24-44)21-17-39(30-11-6-5-7-12-30)18-22-45(28-39)36(48)32-27-31(15-16-35(32)51-2)47-29-40-42-38(47)53(3,49)50/h5-9,11-16,27,29H,4,10,17-26,28H2,1-3H3/t39-/m0/s1. The van der Waals surface area contributed by atoms with Crippen LogP contribution in [0.25, 0.3) is 16.7 Å². The maximum absolute atomic E-state index is 14.3. The molecule has 1 amide bonds. The van der Waals surface area contributed by atoms with Gasteiger partial charge in [-0.2, -0.15) is 0 Å². The molecule has 53 heavy (non-hydrogen) atoms. The fourth-order valence-corrected chi connectivity index (χ4v) is 8.56. The molecule has 1 atom stereocenters. The lowest BCUT2D eigenvalue weighted by Gasteiger charge is -2.33. The van der Waals surface area contributed by atoms with Crippen LogP contribution in [0.4, 0.5) is 5.95 Å². The number of sulfone groups is 1. The second kappa shape index (κ2) is 15.7. The Morgan fingerprint density at radius 3 is 2.55 bits per heavy atom. The lowest BCUT2D eigenvalue weighted by Crippen LogP contribution is -2.39. The number of rotatable bonds is 13. The molecule has 7 rings (SSSR count). The minimum atomic E-state index is -3.65. The average Bonchev–Trinajstić information content (AvgIpc) is 3.89. The summed E-state index contributed by atoms with van der Waals surface area (Å²) in [5.41, 5.74) is 3.98. The number of nitrogens with zero attached hydrogens (tertiary/aromatic N) is 8. The SMILES string of the molecule is CCOCCn1c(N2CCCN(CC[C@]3(c4ccccc4)CCN(C(=O)c4cc(-n5cnnc5S(C)(=O)=O)ccc4OC)C3)CC2)nc2ccccc21. The smallest absolute Gasteiger partial charge is 0.257 e. The van der Waals surface area contributed by atoms with E-state index < -0.39 is 9.84 Å². The summed E-state index contributed by atoms with van der Waals surface area (Å²) in [7, 11) is -2.12. The van der Waals surface area contributed by atoms with Crippen molar-refractivity contribution in [3.05, 3.63) is 90.3 Å². The van der Waals surface area contributed by atoms with E-state index in [1.54, 1.807) is 18.2 Å². The largest absolute Gasteiger partial charge is 0.496 e. The minimum Gasteiger partial charge on any atom is -0.496 e. The van der Waals surface area contributed by atoms with E-state index in [9.17, 15) is 13.2 Å². The first-order chi connectivity index (χ1) is 25.7. The van der Waals surface area contributed by atoms with Crippen molar-refractivity contribution in [1.29, 1.82) is 0 Å². The summed E-state index contributed by atoms with van der Waals surface area (Å²) in [6, 6.07) is 23.9. The Hall–Kier alpha value is -4.79. The number of amides is 1.